The first kappa shape index (κ1) is 8.53. The summed E-state index contributed by atoms with van der Waals surface area (Å²) >= 11 is 7.38. The van der Waals surface area contributed by atoms with Crippen LogP contribution in [0, 0.1) is 0 Å². The fraction of sp³-hybridized carbons (Fsp3) is 0. The van der Waals surface area contributed by atoms with Crippen LogP contribution in [0.25, 0.3) is 10.6 Å². The Morgan fingerprint density at radius 2 is 2.23 bits per heavy atom. The van der Waals surface area contributed by atoms with Gasteiger partial charge in [0.25, 0.3) is 0 Å². The molecule has 2 aromatic rings. The van der Waals surface area contributed by atoms with Crippen molar-refractivity contribution in [3.63, 3.8) is 0 Å². The molecule has 1 aromatic heterocycles. The molecule has 13 heavy (non-hydrogen) atoms. The third-order valence-corrected chi connectivity index (χ3v) is 2.84. The molecule has 0 amide bonds. The summed E-state index contributed by atoms with van der Waals surface area (Å²) in [5, 5.41) is 3.48. The van der Waals surface area contributed by atoms with Crippen molar-refractivity contribution in [2.75, 3.05) is 5.73 Å². The smallest absolute Gasteiger partial charge is 0.123 e. The number of nitrogens with two attached hydrogens (primary N) is 1. The number of nitrogen functional groups attached to an aromatic ring is 1. The zero-order valence-corrected chi connectivity index (χ0v) is 8.27. The molecule has 0 aliphatic rings. The Labute approximate surface area is 85.0 Å². The van der Waals surface area contributed by atoms with Gasteiger partial charge in [0.05, 0.1) is 10.7 Å². The van der Waals surface area contributed by atoms with E-state index in [1.807, 2.05) is 17.5 Å². The second-order valence-electron chi connectivity index (χ2n) is 2.57. The molecule has 0 saturated heterocycles. The molecular formula is C9H7ClN2S. The normalized spacial score (nSPS) is 10.2. The van der Waals surface area contributed by atoms with E-state index in [4.69, 9.17) is 17.3 Å². The number of hydrogen-bond acceptors (Lipinski definition) is 3. The lowest BCUT2D eigenvalue weighted by Gasteiger charge is -1.99. The van der Waals surface area contributed by atoms with Gasteiger partial charge in [-0.25, -0.2) is 4.98 Å². The van der Waals surface area contributed by atoms with E-state index in [1.54, 1.807) is 23.6 Å². The van der Waals surface area contributed by atoms with Gasteiger partial charge in [0.2, 0.25) is 0 Å². The molecule has 4 heteroatoms. The first-order valence-corrected chi connectivity index (χ1v) is 4.98. The molecule has 0 spiro atoms. The van der Waals surface area contributed by atoms with Gasteiger partial charge in [-0.3, -0.25) is 0 Å². The molecule has 1 heterocycles. The highest BCUT2D eigenvalue weighted by molar-refractivity contribution is 7.13. The van der Waals surface area contributed by atoms with Gasteiger partial charge >= 0.3 is 0 Å². The van der Waals surface area contributed by atoms with Crippen molar-refractivity contribution in [3.8, 4) is 10.6 Å². The molecule has 2 N–H and O–H groups in total. The van der Waals surface area contributed by atoms with Crippen LogP contribution in [0.1, 0.15) is 0 Å². The topological polar surface area (TPSA) is 38.9 Å². The lowest BCUT2D eigenvalue weighted by atomic mass is 10.2. The molecular weight excluding hydrogens is 204 g/mol. The summed E-state index contributed by atoms with van der Waals surface area (Å²) in [6.45, 7) is 0. The zero-order chi connectivity index (χ0) is 9.26. The van der Waals surface area contributed by atoms with Crippen LogP contribution in [-0.4, -0.2) is 4.98 Å². The first-order valence-electron chi connectivity index (χ1n) is 3.72. The average molecular weight is 211 g/mol. The molecule has 0 aliphatic heterocycles. The lowest BCUT2D eigenvalue weighted by molar-refractivity contribution is 1.41. The second kappa shape index (κ2) is 3.36. The minimum Gasteiger partial charge on any atom is -0.398 e. The van der Waals surface area contributed by atoms with Crippen LogP contribution in [-0.2, 0) is 0 Å². The maximum absolute atomic E-state index is 5.80. The van der Waals surface area contributed by atoms with Gasteiger partial charge in [0, 0.05) is 17.1 Å². The van der Waals surface area contributed by atoms with Crippen LogP contribution in [0.15, 0.2) is 29.8 Å². The van der Waals surface area contributed by atoms with Crippen molar-refractivity contribution in [2.24, 2.45) is 0 Å². The van der Waals surface area contributed by atoms with Crippen LogP contribution in [0.5, 0.6) is 0 Å². The first-order chi connectivity index (χ1) is 6.27. The number of thiazole rings is 1. The highest BCUT2D eigenvalue weighted by atomic mass is 35.5. The summed E-state index contributed by atoms with van der Waals surface area (Å²) in [4.78, 5) is 4.18. The van der Waals surface area contributed by atoms with Crippen LogP contribution >= 0.6 is 22.9 Å². The molecule has 66 valence electrons. The Kier molecular flexibility index (Phi) is 2.20. The van der Waals surface area contributed by atoms with E-state index in [2.05, 4.69) is 4.98 Å². The largest absolute Gasteiger partial charge is 0.398 e. The number of anilines is 1. The number of hydrogen-bond donors (Lipinski definition) is 1. The van der Waals surface area contributed by atoms with E-state index in [0.717, 1.165) is 10.6 Å². The van der Waals surface area contributed by atoms with Gasteiger partial charge in [-0.15, -0.1) is 11.3 Å². The molecule has 1 aromatic carbocycles. The number of nitrogens with zero attached hydrogens (tertiary/aromatic N) is 1. The van der Waals surface area contributed by atoms with E-state index in [-0.39, 0.29) is 0 Å². The third-order valence-electron chi connectivity index (χ3n) is 1.68. The molecule has 2 rings (SSSR count). The van der Waals surface area contributed by atoms with Gasteiger partial charge in [0.15, 0.2) is 0 Å². The van der Waals surface area contributed by atoms with E-state index >= 15 is 0 Å². The van der Waals surface area contributed by atoms with Gasteiger partial charge in [-0.2, -0.15) is 0 Å². The fourth-order valence-corrected chi connectivity index (χ4v) is 1.80. The molecule has 0 unspecified atom stereocenters. The monoisotopic (exact) mass is 210 g/mol. The highest BCUT2D eigenvalue weighted by Gasteiger charge is 2.02. The zero-order valence-electron chi connectivity index (χ0n) is 6.70. The number of rotatable bonds is 1. The van der Waals surface area contributed by atoms with Crippen LogP contribution in [0.2, 0.25) is 5.02 Å². The Morgan fingerprint density at radius 3 is 2.85 bits per heavy atom. The molecule has 0 bridgehead atoms. The van der Waals surface area contributed by atoms with Gasteiger partial charge < -0.3 is 5.73 Å². The second-order valence-corrected chi connectivity index (χ2v) is 3.88. The van der Waals surface area contributed by atoms with E-state index in [0.29, 0.717) is 10.7 Å². The maximum atomic E-state index is 5.80. The Morgan fingerprint density at radius 1 is 1.38 bits per heavy atom. The molecule has 0 saturated carbocycles. The molecule has 0 aliphatic carbocycles. The van der Waals surface area contributed by atoms with Crippen molar-refractivity contribution in [1.82, 2.24) is 4.98 Å². The average Bonchev–Trinajstić information content (AvgIpc) is 2.62. The van der Waals surface area contributed by atoms with E-state index in [1.165, 1.54) is 0 Å². The standard InChI is InChI=1S/C9H7ClN2S/c10-7-2-1-6(5-8(7)11)9-12-3-4-13-9/h1-5H,11H2. The molecule has 2 nitrogen and oxygen atoms in total. The predicted octanol–water partition coefficient (Wildman–Crippen LogP) is 3.05. The minimum absolute atomic E-state index is 0.584. The van der Waals surface area contributed by atoms with Gasteiger partial charge in [0.1, 0.15) is 5.01 Å². The number of benzene rings is 1. The Bertz CT molecular complexity index is 412. The summed E-state index contributed by atoms with van der Waals surface area (Å²) in [7, 11) is 0. The van der Waals surface area contributed by atoms with Crippen molar-refractivity contribution >= 4 is 28.6 Å². The summed E-state index contributed by atoms with van der Waals surface area (Å²) in [6.07, 6.45) is 1.77. The summed E-state index contributed by atoms with van der Waals surface area (Å²) < 4.78 is 0. The summed E-state index contributed by atoms with van der Waals surface area (Å²) in [5.74, 6) is 0. The maximum Gasteiger partial charge on any atom is 0.123 e. The molecule has 0 fully saturated rings. The minimum atomic E-state index is 0.584. The molecule has 0 atom stereocenters. The highest BCUT2D eigenvalue weighted by Crippen LogP contribution is 2.27. The SMILES string of the molecule is Nc1cc(-c2nccs2)ccc1Cl. The lowest BCUT2D eigenvalue weighted by Crippen LogP contribution is -1.86. The van der Waals surface area contributed by atoms with E-state index in [9.17, 15) is 0 Å². The van der Waals surface area contributed by atoms with Crippen LogP contribution < -0.4 is 5.73 Å². The summed E-state index contributed by atoms with van der Waals surface area (Å²) in [6, 6.07) is 5.53. The van der Waals surface area contributed by atoms with Gasteiger partial charge in [-0.1, -0.05) is 17.7 Å². The van der Waals surface area contributed by atoms with E-state index < -0.39 is 0 Å². The van der Waals surface area contributed by atoms with Crippen LogP contribution in [0.3, 0.4) is 0 Å². The van der Waals surface area contributed by atoms with Crippen molar-refractivity contribution in [1.29, 1.82) is 0 Å². The number of halogens is 1. The Balaban J connectivity index is 2.49. The van der Waals surface area contributed by atoms with Gasteiger partial charge in [-0.05, 0) is 12.1 Å². The van der Waals surface area contributed by atoms with Crippen LogP contribution in [0.4, 0.5) is 5.69 Å². The third kappa shape index (κ3) is 1.66. The quantitative estimate of drug-likeness (QED) is 0.735. The van der Waals surface area contributed by atoms with Crippen molar-refractivity contribution in [2.45, 2.75) is 0 Å². The predicted molar refractivity (Wildman–Crippen MR) is 57.0 cm³/mol. The molecule has 0 radical (unpaired) electrons. The number of aromatic nitrogens is 1. The van der Waals surface area contributed by atoms with Crippen molar-refractivity contribution < 1.29 is 0 Å². The fourth-order valence-electron chi connectivity index (χ4n) is 1.04. The summed E-state index contributed by atoms with van der Waals surface area (Å²) in [5.41, 5.74) is 7.27. The Hall–Kier alpha value is -1.06. The van der Waals surface area contributed by atoms with Crippen molar-refractivity contribution in [3.05, 3.63) is 34.8 Å².